The van der Waals surface area contributed by atoms with E-state index in [1.165, 1.54) is 14.2 Å². The zero-order valence-corrected chi connectivity index (χ0v) is 10.2. The van der Waals surface area contributed by atoms with Crippen LogP contribution in [-0.4, -0.2) is 59.1 Å². The van der Waals surface area contributed by atoms with Crippen LogP contribution in [0, 0.1) is 0 Å². The summed E-state index contributed by atoms with van der Waals surface area (Å²) in [5.41, 5.74) is 0. The Morgan fingerprint density at radius 3 is 2.31 bits per heavy atom. The van der Waals surface area contributed by atoms with E-state index in [4.69, 9.17) is 0 Å². The van der Waals surface area contributed by atoms with Crippen molar-refractivity contribution in [3.05, 3.63) is 0 Å². The molecule has 7 nitrogen and oxygen atoms in total. The fraction of sp³-hybridized carbons (Fsp3) is 0.500. The van der Waals surface area contributed by atoms with Gasteiger partial charge in [-0.25, -0.2) is 4.79 Å². The number of carbonyl (C=O) groups is 4. The second-order valence-corrected chi connectivity index (χ2v) is 4.16. The van der Waals surface area contributed by atoms with E-state index in [-0.39, 0.29) is 6.54 Å². The maximum atomic E-state index is 11.4. The number of halogens is 1. The lowest BCUT2D eigenvalue weighted by molar-refractivity contribution is -0.144. The number of imide groups is 2. The number of nitrogens with zero attached hydrogens (tertiary/aromatic N) is 2. The van der Waals surface area contributed by atoms with Crippen molar-refractivity contribution in [1.82, 2.24) is 9.80 Å². The van der Waals surface area contributed by atoms with E-state index in [9.17, 15) is 19.2 Å². The number of ether oxygens (including phenoxy) is 1. The van der Waals surface area contributed by atoms with Gasteiger partial charge < -0.3 is 4.74 Å². The molecular formula is C8H9BrN2O5. The molecule has 0 saturated carbocycles. The van der Waals surface area contributed by atoms with Crippen molar-refractivity contribution in [2.45, 2.75) is 4.83 Å². The van der Waals surface area contributed by atoms with Crippen LogP contribution >= 0.6 is 15.9 Å². The molecule has 0 aromatic rings. The Morgan fingerprint density at radius 1 is 1.38 bits per heavy atom. The second-order valence-electron chi connectivity index (χ2n) is 3.05. The number of amides is 4. The standard InChI is InChI=1S/C8H9BrN2O5/c1-10-5(12)6(13)11(8(10)15)3-4(9)7(14)16-2/h4H,3H2,1-2H3. The normalized spacial score (nSPS) is 18.1. The first-order valence-electron chi connectivity index (χ1n) is 4.25. The molecule has 1 aliphatic rings. The Morgan fingerprint density at radius 2 is 1.94 bits per heavy atom. The molecule has 0 radical (unpaired) electrons. The zero-order chi connectivity index (χ0) is 12.5. The van der Waals surface area contributed by atoms with Crippen molar-refractivity contribution in [3.63, 3.8) is 0 Å². The molecule has 16 heavy (non-hydrogen) atoms. The molecular weight excluding hydrogens is 284 g/mol. The van der Waals surface area contributed by atoms with Crippen LogP contribution < -0.4 is 0 Å². The predicted molar refractivity (Wildman–Crippen MR) is 54.6 cm³/mol. The van der Waals surface area contributed by atoms with Crippen LogP contribution in [0.4, 0.5) is 4.79 Å². The minimum atomic E-state index is -0.944. The largest absolute Gasteiger partial charge is 0.468 e. The maximum Gasteiger partial charge on any atom is 0.334 e. The van der Waals surface area contributed by atoms with Crippen LogP contribution in [0.5, 0.6) is 0 Å². The molecule has 0 aromatic heterocycles. The Hall–Kier alpha value is -1.44. The van der Waals surface area contributed by atoms with Gasteiger partial charge in [-0.05, 0) is 0 Å². The van der Waals surface area contributed by atoms with Crippen molar-refractivity contribution < 1.29 is 23.9 Å². The molecule has 88 valence electrons. The van der Waals surface area contributed by atoms with Crippen molar-refractivity contribution in [2.75, 3.05) is 20.7 Å². The summed E-state index contributed by atoms with van der Waals surface area (Å²) in [7, 11) is 2.38. The van der Waals surface area contributed by atoms with Gasteiger partial charge in [-0.15, -0.1) is 0 Å². The first kappa shape index (κ1) is 12.6. The van der Waals surface area contributed by atoms with Crippen LogP contribution in [0.2, 0.25) is 0 Å². The molecule has 0 spiro atoms. The third-order valence-electron chi connectivity index (χ3n) is 2.05. The zero-order valence-electron chi connectivity index (χ0n) is 8.60. The van der Waals surface area contributed by atoms with Gasteiger partial charge in [-0.1, -0.05) is 15.9 Å². The molecule has 8 heteroatoms. The number of hydrogen-bond donors (Lipinski definition) is 0. The molecule has 1 saturated heterocycles. The Labute approximate surface area is 99.4 Å². The van der Waals surface area contributed by atoms with Crippen molar-refractivity contribution in [1.29, 1.82) is 0 Å². The maximum absolute atomic E-state index is 11.4. The van der Waals surface area contributed by atoms with Gasteiger partial charge in [0.15, 0.2) is 0 Å². The Balaban J connectivity index is 2.76. The van der Waals surface area contributed by atoms with Gasteiger partial charge in [0.2, 0.25) is 0 Å². The monoisotopic (exact) mass is 292 g/mol. The van der Waals surface area contributed by atoms with E-state index in [0.29, 0.717) is 9.80 Å². The second kappa shape index (κ2) is 4.60. The van der Waals surface area contributed by atoms with Gasteiger partial charge in [-0.3, -0.25) is 24.2 Å². The fourth-order valence-electron chi connectivity index (χ4n) is 1.14. The molecule has 1 unspecified atom stereocenters. The molecule has 0 N–H and O–H groups in total. The number of likely N-dealkylation sites (N-methyl/N-ethyl adjacent to an activating group) is 1. The lowest BCUT2D eigenvalue weighted by atomic mass is 10.4. The fourth-order valence-corrected chi connectivity index (χ4v) is 1.61. The third-order valence-corrected chi connectivity index (χ3v) is 2.71. The number of alkyl halides is 1. The molecule has 1 atom stereocenters. The van der Waals surface area contributed by atoms with Crippen LogP contribution in [0.15, 0.2) is 0 Å². The van der Waals surface area contributed by atoms with E-state index in [1.807, 2.05) is 0 Å². The number of rotatable bonds is 3. The van der Waals surface area contributed by atoms with Gasteiger partial charge in [0.25, 0.3) is 0 Å². The summed E-state index contributed by atoms with van der Waals surface area (Å²) in [4.78, 5) is 45.5. The molecule has 0 bridgehead atoms. The van der Waals surface area contributed by atoms with Gasteiger partial charge >= 0.3 is 23.8 Å². The Bertz CT molecular complexity index is 369. The summed E-state index contributed by atoms with van der Waals surface area (Å²) in [5.74, 6) is -2.47. The number of methoxy groups -OCH3 is 1. The van der Waals surface area contributed by atoms with Gasteiger partial charge in [0, 0.05) is 7.05 Å². The summed E-state index contributed by atoms with van der Waals surface area (Å²) in [6.07, 6.45) is 0. The summed E-state index contributed by atoms with van der Waals surface area (Å²) in [6.45, 7) is -0.236. The first-order valence-corrected chi connectivity index (χ1v) is 5.17. The van der Waals surface area contributed by atoms with Crippen molar-refractivity contribution in [2.24, 2.45) is 0 Å². The van der Waals surface area contributed by atoms with Crippen molar-refractivity contribution >= 4 is 39.7 Å². The number of carbonyl (C=O) groups excluding carboxylic acids is 4. The predicted octanol–water partition coefficient (Wildman–Crippen LogP) is -0.657. The van der Waals surface area contributed by atoms with Crippen LogP contribution in [0.1, 0.15) is 0 Å². The van der Waals surface area contributed by atoms with Crippen LogP contribution in [0.25, 0.3) is 0 Å². The van der Waals surface area contributed by atoms with E-state index in [2.05, 4.69) is 20.7 Å². The number of esters is 1. The highest BCUT2D eigenvalue weighted by atomic mass is 79.9. The average molecular weight is 293 g/mol. The van der Waals surface area contributed by atoms with E-state index >= 15 is 0 Å². The number of hydrogen-bond acceptors (Lipinski definition) is 5. The number of urea groups is 1. The lowest BCUT2D eigenvalue weighted by Crippen LogP contribution is -2.39. The molecule has 4 amide bonds. The first-order chi connectivity index (χ1) is 7.40. The van der Waals surface area contributed by atoms with Crippen LogP contribution in [0.3, 0.4) is 0 Å². The van der Waals surface area contributed by atoms with Crippen LogP contribution in [-0.2, 0) is 19.1 Å². The molecule has 0 aromatic carbocycles. The van der Waals surface area contributed by atoms with E-state index in [1.54, 1.807) is 0 Å². The minimum Gasteiger partial charge on any atom is -0.468 e. The SMILES string of the molecule is COC(=O)C(Br)CN1C(=O)C(=O)N(C)C1=O. The smallest absolute Gasteiger partial charge is 0.334 e. The van der Waals surface area contributed by atoms with E-state index in [0.717, 1.165) is 0 Å². The van der Waals surface area contributed by atoms with Gasteiger partial charge in [0.1, 0.15) is 4.83 Å². The molecule has 1 rings (SSSR count). The summed E-state index contributed by atoms with van der Waals surface area (Å²) in [6, 6.07) is -0.747. The summed E-state index contributed by atoms with van der Waals surface area (Å²) < 4.78 is 4.41. The molecule has 0 aliphatic carbocycles. The summed E-state index contributed by atoms with van der Waals surface area (Å²) >= 11 is 2.96. The summed E-state index contributed by atoms with van der Waals surface area (Å²) in [5, 5.41) is 0. The molecule has 1 heterocycles. The highest BCUT2D eigenvalue weighted by Crippen LogP contribution is 2.13. The Kier molecular flexibility index (Phi) is 3.63. The van der Waals surface area contributed by atoms with E-state index < -0.39 is 28.6 Å². The molecule has 1 fully saturated rings. The highest BCUT2D eigenvalue weighted by molar-refractivity contribution is 9.10. The third kappa shape index (κ3) is 2.06. The minimum absolute atomic E-state index is 0.236. The van der Waals surface area contributed by atoms with Crippen molar-refractivity contribution in [3.8, 4) is 0 Å². The quantitative estimate of drug-likeness (QED) is 0.299. The van der Waals surface area contributed by atoms with Gasteiger partial charge in [-0.2, -0.15) is 0 Å². The van der Waals surface area contributed by atoms with Gasteiger partial charge in [0.05, 0.1) is 13.7 Å². The average Bonchev–Trinajstić information content (AvgIpc) is 2.45. The highest BCUT2D eigenvalue weighted by Gasteiger charge is 2.43. The topological polar surface area (TPSA) is 84.0 Å². The molecule has 1 aliphatic heterocycles. The lowest BCUT2D eigenvalue weighted by Gasteiger charge is -2.15.